The third-order valence-corrected chi connectivity index (χ3v) is 4.16. The van der Waals surface area contributed by atoms with Crippen molar-refractivity contribution in [3.63, 3.8) is 0 Å². The molecule has 0 heterocycles. The molecular formula is C13H8BrIN2O3. The standard InChI is InChI=1S/C13H8BrIN2O3/c14-10-3-1-2-4-12(10)16-13(18)9-7-8(17(19)20)5-6-11(9)15/h1-7H,(H,16,18). The maximum Gasteiger partial charge on any atom is 0.270 e. The van der Waals surface area contributed by atoms with Gasteiger partial charge in [0.2, 0.25) is 0 Å². The molecule has 2 aromatic rings. The van der Waals surface area contributed by atoms with Crippen LogP contribution in [0.15, 0.2) is 46.9 Å². The number of nitrogens with one attached hydrogen (secondary N) is 1. The van der Waals surface area contributed by atoms with Gasteiger partial charge in [0.05, 0.1) is 16.2 Å². The van der Waals surface area contributed by atoms with Crippen LogP contribution in [0.25, 0.3) is 0 Å². The van der Waals surface area contributed by atoms with E-state index in [0.717, 1.165) is 4.47 Å². The summed E-state index contributed by atoms with van der Waals surface area (Å²) in [4.78, 5) is 22.4. The molecular weight excluding hydrogens is 439 g/mol. The Bertz CT molecular complexity index is 691. The highest BCUT2D eigenvalue weighted by molar-refractivity contribution is 14.1. The predicted octanol–water partition coefficient (Wildman–Crippen LogP) is 4.21. The van der Waals surface area contributed by atoms with Gasteiger partial charge in [-0.05, 0) is 56.7 Å². The SMILES string of the molecule is O=C(Nc1ccccc1Br)c1cc([N+](=O)[O-])ccc1I. The Hall–Kier alpha value is -1.48. The Balaban J connectivity index is 2.32. The number of carbonyl (C=O) groups excluding carboxylic acids is 1. The van der Waals surface area contributed by atoms with Crippen molar-refractivity contribution in [3.8, 4) is 0 Å². The number of benzene rings is 2. The quantitative estimate of drug-likeness (QED) is 0.436. The Morgan fingerprint density at radius 3 is 2.60 bits per heavy atom. The molecule has 1 N–H and O–H groups in total. The second-order valence-corrected chi connectivity index (χ2v) is 5.87. The van der Waals surface area contributed by atoms with Crippen LogP contribution in [0.2, 0.25) is 0 Å². The number of hydrogen-bond donors (Lipinski definition) is 1. The molecule has 0 saturated carbocycles. The fraction of sp³-hybridized carbons (Fsp3) is 0. The van der Waals surface area contributed by atoms with Gasteiger partial charge in [0.1, 0.15) is 0 Å². The molecule has 2 rings (SSSR count). The number of amides is 1. The number of nitro groups is 1. The van der Waals surface area contributed by atoms with E-state index in [4.69, 9.17) is 0 Å². The molecule has 0 spiro atoms. The Labute approximate surface area is 136 Å². The van der Waals surface area contributed by atoms with E-state index in [0.29, 0.717) is 9.26 Å². The molecule has 0 fully saturated rings. The molecule has 2 aromatic carbocycles. The predicted molar refractivity (Wildman–Crippen MR) is 87.9 cm³/mol. The van der Waals surface area contributed by atoms with Crippen LogP contribution in [0.4, 0.5) is 11.4 Å². The second kappa shape index (κ2) is 6.31. The molecule has 1 amide bonds. The van der Waals surface area contributed by atoms with Gasteiger partial charge in [-0.3, -0.25) is 14.9 Å². The third-order valence-electron chi connectivity index (χ3n) is 2.53. The van der Waals surface area contributed by atoms with E-state index in [1.165, 1.54) is 12.1 Å². The fourth-order valence-corrected chi connectivity index (χ4v) is 2.52. The highest BCUT2D eigenvalue weighted by Crippen LogP contribution is 2.24. The van der Waals surface area contributed by atoms with Crippen LogP contribution in [-0.4, -0.2) is 10.8 Å². The van der Waals surface area contributed by atoms with Gasteiger partial charge in [0.15, 0.2) is 0 Å². The van der Waals surface area contributed by atoms with Crippen LogP contribution in [0.5, 0.6) is 0 Å². The molecule has 0 aromatic heterocycles. The summed E-state index contributed by atoms with van der Waals surface area (Å²) in [6.45, 7) is 0. The van der Waals surface area contributed by atoms with Gasteiger partial charge >= 0.3 is 0 Å². The van der Waals surface area contributed by atoms with Gasteiger partial charge < -0.3 is 5.32 Å². The molecule has 0 aliphatic rings. The van der Waals surface area contributed by atoms with E-state index in [1.54, 1.807) is 24.3 Å². The average Bonchev–Trinajstić information content (AvgIpc) is 2.41. The normalized spacial score (nSPS) is 10.1. The number of rotatable bonds is 3. The van der Waals surface area contributed by atoms with Crippen molar-refractivity contribution in [2.24, 2.45) is 0 Å². The number of carbonyl (C=O) groups is 1. The first-order valence-electron chi connectivity index (χ1n) is 5.49. The maximum atomic E-state index is 12.2. The van der Waals surface area contributed by atoms with Gasteiger partial charge in [0.25, 0.3) is 11.6 Å². The Kier molecular flexibility index (Phi) is 4.71. The molecule has 0 unspecified atom stereocenters. The van der Waals surface area contributed by atoms with Gasteiger partial charge in [-0.2, -0.15) is 0 Å². The summed E-state index contributed by atoms with van der Waals surface area (Å²) < 4.78 is 1.39. The van der Waals surface area contributed by atoms with Gasteiger partial charge in [-0.25, -0.2) is 0 Å². The number of nitrogens with zero attached hydrogens (tertiary/aromatic N) is 1. The van der Waals surface area contributed by atoms with Crippen molar-refractivity contribution < 1.29 is 9.72 Å². The highest BCUT2D eigenvalue weighted by Gasteiger charge is 2.16. The molecule has 20 heavy (non-hydrogen) atoms. The summed E-state index contributed by atoms with van der Waals surface area (Å²) in [5.74, 6) is -0.384. The molecule has 102 valence electrons. The van der Waals surface area contributed by atoms with Crippen molar-refractivity contribution >= 4 is 55.8 Å². The molecule has 0 aliphatic carbocycles. The van der Waals surface area contributed by atoms with Crippen molar-refractivity contribution in [1.29, 1.82) is 0 Å². The number of nitro benzene ring substituents is 1. The molecule has 0 aliphatic heterocycles. The van der Waals surface area contributed by atoms with E-state index in [9.17, 15) is 14.9 Å². The summed E-state index contributed by atoms with van der Waals surface area (Å²) in [6, 6.07) is 11.4. The van der Waals surface area contributed by atoms with Crippen molar-refractivity contribution in [3.05, 3.63) is 66.2 Å². The fourth-order valence-electron chi connectivity index (χ4n) is 1.55. The van der Waals surface area contributed by atoms with E-state index >= 15 is 0 Å². The minimum Gasteiger partial charge on any atom is -0.321 e. The Morgan fingerprint density at radius 2 is 1.95 bits per heavy atom. The molecule has 7 heteroatoms. The van der Waals surface area contributed by atoms with Crippen LogP contribution in [0.1, 0.15) is 10.4 Å². The summed E-state index contributed by atoms with van der Waals surface area (Å²) in [5, 5.41) is 13.5. The monoisotopic (exact) mass is 446 g/mol. The number of para-hydroxylation sites is 1. The zero-order valence-corrected chi connectivity index (χ0v) is 13.7. The lowest BCUT2D eigenvalue weighted by molar-refractivity contribution is -0.384. The maximum absolute atomic E-state index is 12.2. The largest absolute Gasteiger partial charge is 0.321 e. The van der Waals surface area contributed by atoms with Crippen LogP contribution in [-0.2, 0) is 0 Å². The topological polar surface area (TPSA) is 72.2 Å². The van der Waals surface area contributed by atoms with E-state index in [1.807, 2.05) is 28.7 Å². The highest BCUT2D eigenvalue weighted by atomic mass is 127. The minimum absolute atomic E-state index is 0.109. The Morgan fingerprint density at radius 1 is 1.25 bits per heavy atom. The second-order valence-electron chi connectivity index (χ2n) is 3.86. The zero-order chi connectivity index (χ0) is 14.7. The van der Waals surface area contributed by atoms with E-state index < -0.39 is 4.92 Å². The summed E-state index contributed by atoms with van der Waals surface area (Å²) in [7, 11) is 0. The summed E-state index contributed by atoms with van der Waals surface area (Å²) in [5.41, 5.74) is 0.776. The third kappa shape index (κ3) is 3.34. The molecule has 0 radical (unpaired) electrons. The van der Waals surface area contributed by atoms with Crippen molar-refractivity contribution in [2.45, 2.75) is 0 Å². The zero-order valence-electron chi connectivity index (χ0n) is 9.97. The lowest BCUT2D eigenvalue weighted by atomic mass is 10.2. The van der Waals surface area contributed by atoms with Crippen LogP contribution in [0.3, 0.4) is 0 Å². The molecule has 0 atom stereocenters. The lowest BCUT2D eigenvalue weighted by Crippen LogP contribution is -2.14. The molecule has 5 nitrogen and oxygen atoms in total. The minimum atomic E-state index is -0.523. The summed E-state index contributed by atoms with van der Waals surface area (Å²) in [6.07, 6.45) is 0. The van der Waals surface area contributed by atoms with Gasteiger partial charge in [-0.15, -0.1) is 0 Å². The number of non-ortho nitro benzene ring substituents is 1. The first-order chi connectivity index (χ1) is 9.49. The average molecular weight is 447 g/mol. The summed E-state index contributed by atoms with van der Waals surface area (Å²) >= 11 is 5.30. The van der Waals surface area contributed by atoms with E-state index in [2.05, 4.69) is 21.2 Å². The van der Waals surface area contributed by atoms with E-state index in [-0.39, 0.29) is 17.2 Å². The van der Waals surface area contributed by atoms with Crippen molar-refractivity contribution in [2.75, 3.05) is 5.32 Å². The first kappa shape index (κ1) is 14.9. The lowest BCUT2D eigenvalue weighted by Gasteiger charge is -2.08. The van der Waals surface area contributed by atoms with Gasteiger partial charge in [0, 0.05) is 20.2 Å². The number of hydrogen-bond acceptors (Lipinski definition) is 3. The first-order valence-corrected chi connectivity index (χ1v) is 7.36. The van der Waals surface area contributed by atoms with Crippen LogP contribution in [0, 0.1) is 13.7 Å². The van der Waals surface area contributed by atoms with Crippen LogP contribution < -0.4 is 5.32 Å². The smallest absolute Gasteiger partial charge is 0.270 e. The number of anilines is 1. The molecule has 0 bridgehead atoms. The van der Waals surface area contributed by atoms with Crippen LogP contribution >= 0.6 is 38.5 Å². The van der Waals surface area contributed by atoms with Crippen molar-refractivity contribution in [1.82, 2.24) is 0 Å². The number of halogens is 2. The van der Waals surface area contributed by atoms with Gasteiger partial charge in [-0.1, -0.05) is 12.1 Å². The molecule has 0 saturated heterocycles.